The first-order chi connectivity index (χ1) is 15.2. The average molecular weight is 452 g/mol. The van der Waals surface area contributed by atoms with Crippen LogP contribution in [0.4, 0.5) is 5.69 Å². The fraction of sp³-hybridized carbons (Fsp3) is 0.182. The molecule has 2 aromatic carbocycles. The zero-order valence-electron chi connectivity index (χ0n) is 17.6. The standard InChI is InChI=1S/C22H20N4O5S/c1-14-10-16(12-23)11-15(2)21(14)31-20-8-9-24-22(26-20)32(28,29)13-19(27)25-17-4-6-18(30-3)7-5-17/h4-11H,13H2,1-3H3,(H,25,27). The van der Waals surface area contributed by atoms with Gasteiger partial charge in [-0.05, 0) is 61.4 Å². The lowest BCUT2D eigenvalue weighted by Crippen LogP contribution is -2.24. The van der Waals surface area contributed by atoms with Crippen LogP contribution in [0, 0.1) is 25.2 Å². The molecule has 32 heavy (non-hydrogen) atoms. The van der Waals surface area contributed by atoms with Gasteiger partial charge in [-0.15, -0.1) is 0 Å². The van der Waals surface area contributed by atoms with Gasteiger partial charge in [0.25, 0.3) is 5.16 Å². The minimum absolute atomic E-state index is 0.00467. The van der Waals surface area contributed by atoms with E-state index in [2.05, 4.69) is 21.4 Å². The molecule has 9 nitrogen and oxygen atoms in total. The summed E-state index contributed by atoms with van der Waals surface area (Å²) in [6.45, 7) is 3.54. The van der Waals surface area contributed by atoms with Crippen LogP contribution >= 0.6 is 0 Å². The number of nitriles is 1. The van der Waals surface area contributed by atoms with Crippen LogP contribution in [-0.4, -0.2) is 37.2 Å². The quantitative estimate of drug-likeness (QED) is 0.541. The molecule has 0 aliphatic carbocycles. The molecule has 0 saturated heterocycles. The lowest BCUT2D eigenvalue weighted by Gasteiger charge is -2.12. The second kappa shape index (κ2) is 9.45. The van der Waals surface area contributed by atoms with Crippen LogP contribution in [0.15, 0.2) is 53.8 Å². The SMILES string of the molecule is COc1ccc(NC(=O)CS(=O)(=O)c2nccc(Oc3c(C)cc(C#N)cc3C)n2)cc1. The third kappa shape index (κ3) is 5.39. The van der Waals surface area contributed by atoms with Crippen molar-refractivity contribution in [3.8, 4) is 23.4 Å². The third-order valence-electron chi connectivity index (χ3n) is 4.38. The number of methoxy groups -OCH3 is 1. The van der Waals surface area contributed by atoms with Crippen LogP contribution in [0.2, 0.25) is 0 Å². The highest BCUT2D eigenvalue weighted by Gasteiger charge is 2.23. The fourth-order valence-electron chi connectivity index (χ4n) is 2.92. The van der Waals surface area contributed by atoms with Gasteiger partial charge >= 0.3 is 0 Å². The van der Waals surface area contributed by atoms with Crippen LogP contribution in [-0.2, 0) is 14.6 Å². The maximum absolute atomic E-state index is 12.7. The van der Waals surface area contributed by atoms with Crippen LogP contribution in [0.3, 0.4) is 0 Å². The Morgan fingerprint density at radius 3 is 2.38 bits per heavy atom. The first kappa shape index (κ1) is 22.7. The Hall–Kier alpha value is -3.97. The number of hydrogen-bond acceptors (Lipinski definition) is 8. The van der Waals surface area contributed by atoms with E-state index in [0.29, 0.717) is 33.9 Å². The molecular formula is C22H20N4O5S. The highest BCUT2D eigenvalue weighted by molar-refractivity contribution is 7.92. The maximum atomic E-state index is 12.7. The van der Waals surface area contributed by atoms with Gasteiger partial charge in [-0.2, -0.15) is 10.2 Å². The minimum Gasteiger partial charge on any atom is -0.497 e. The summed E-state index contributed by atoms with van der Waals surface area (Å²) in [5.41, 5.74) is 2.31. The number of carbonyl (C=O) groups excluding carboxylic acids is 1. The molecule has 1 aromatic heterocycles. The number of aryl methyl sites for hydroxylation is 2. The van der Waals surface area contributed by atoms with Gasteiger partial charge in [0, 0.05) is 18.0 Å². The monoisotopic (exact) mass is 452 g/mol. The number of carbonyl (C=O) groups is 1. The number of ether oxygens (including phenoxy) is 2. The number of aromatic nitrogens is 2. The van der Waals surface area contributed by atoms with Crippen molar-refractivity contribution in [1.82, 2.24) is 9.97 Å². The van der Waals surface area contributed by atoms with Crippen molar-refractivity contribution in [1.29, 1.82) is 5.26 Å². The molecule has 0 radical (unpaired) electrons. The van der Waals surface area contributed by atoms with Crippen molar-refractivity contribution in [3.63, 3.8) is 0 Å². The van der Waals surface area contributed by atoms with Crippen molar-refractivity contribution < 1.29 is 22.7 Å². The third-order valence-corrected chi connectivity index (χ3v) is 5.77. The Bertz CT molecular complexity index is 1280. The summed E-state index contributed by atoms with van der Waals surface area (Å²) in [5, 5.41) is 11.1. The van der Waals surface area contributed by atoms with E-state index in [1.54, 1.807) is 50.2 Å². The molecule has 164 valence electrons. The van der Waals surface area contributed by atoms with Gasteiger partial charge in [-0.3, -0.25) is 4.79 Å². The van der Waals surface area contributed by atoms with Gasteiger partial charge in [0.1, 0.15) is 17.3 Å². The number of hydrogen-bond donors (Lipinski definition) is 1. The molecule has 3 aromatic rings. The second-order valence-electron chi connectivity index (χ2n) is 6.87. The molecule has 0 aliphatic heterocycles. The van der Waals surface area contributed by atoms with Crippen molar-refractivity contribution in [3.05, 3.63) is 65.4 Å². The molecule has 1 N–H and O–H groups in total. The summed E-state index contributed by atoms with van der Waals surface area (Å²) >= 11 is 0. The van der Waals surface area contributed by atoms with Crippen LogP contribution in [0.1, 0.15) is 16.7 Å². The zero-order valence-corrected chi connectivity index (χ0v) is 18.4. The molecule has 0 fully saturated rings. The smallest absolute Gasteiger partial charge is 0.250 e. The molecule has 0 aliphatic rings. The number of benzene rings is 2. The molecular weight excluding hydrogens is 432 g/mol. The van der Waals surface area contributed by atoms with E-state index < -0.39 is 26.7 Å². The summed E-state index contributed by atoms with van der Waals surface area (Å²) in [6, 6.07) is 13.3. The van der Waals surface area contributed by atoms with Gasteiger partial charge in [0.15, 0.2) is 0 Å². The van der Waals surface area contributed by atoms with Crippen LogP contribution < -0.4 is 14.8 Å². The van der Waals surface area contributed by atoms with E-state index >= 15 is 0 Å². The molecule has 0 bridgehead atoms. The summed E-state index contributed by atoms with van der Waals surface area (Å²) in [4.78, 5) is 20.0. The Balaban J connectivity index is 1.76. The summed E-state index contributed by atoms with van der Waals surface area (Å²) < 4.78 is 36.1. The topological polar surface area (TPSA) is 131 Å². The molecule has 0 spiro atoms. The van der Waals surface area contributed by atoms with Crippen LogP contribution in [0.25, 0.3) is 0 Å². The van der Waals surface area contributed by atoms with Gasteiger partial charge in [0.2, 0.25) is 21.6 Å². The van der Waals surface area contributed by atoms with Gasteiger partial charge in [-0.1, -0.05) is 0 Å². The second-order valence-corrected chi connectivity index (χ2v) is 8.75. The van der Waals surface area contributed by atoms with Crippen molar-refractivity contribution in [2.24, 2.45) is 0 Å². The van der Waals surface area contributed by atoms with Crippen molar-refractivity contribution in [2.45, 2.75) is 19.0 Å². The number of sulfone groups is 1. The van der Waals surface area contributed by atoms with E-state index in [1.165, 1.54) is 19.4 Å². The highest BCUT2D eigenvalue weighted by Crippen LogP contribution is 2.29. The van der Waals surface area contributed by atoms with Crippen molar-refractivity contribution in [2.75, 3.05) is 18.2 Å². The molecule has 0 saturated carbocycles. The maximum Gasteiger partial charge on any atom is 0.250 e. The van der Waals surface area contributed by atoms with Gasteiger partial charge < -0.3 is 14.8 Å². The minimum atomic E-state index is -4.12. The lowest BCUT2D eigenvalue weighted by atomic mass is 10.1. The largest absolute Gasteiger partial charge is 0.497 e. The van der Waals surface area contributed by atoms with Gasteiger partial charge in [0.05, 0.1) is 18.7 Å². The zero-order chi connectivity index (χ0) is 23.3. The van der Waals surface area contributed by atoms with Crippen molar-refractivity contribution >= 4 is 21.4 Å². The van der Waals surface area contributed by atoms with E-state index in [-0.39, 0.29) is 5.88 Å². The Labute approximate surface area is 185 Å². The number of nitrogens with one attached hydrogen (secondary N) is 1. The normalized spacial score (nSPS) is 10.8. The summed E-state index contributed by atoms with van der Waals surface area (Å²) in [5.74, 6) is -0.497. The first-order valence-electron chi connectivity index (χ1n) is 9.41. The summed E-state index contributed by atoms with van der Waals surface area (Å²) in [6.07, 6.45) is 1.24. The molecule has 0 unspecified atom stereocenters. The predicted molar refractivity (Wildman–Crippen MR) is 116 cm³/mol. The Kier molecular flexibility index (Phi) is 6.70. The first-order valence-corrected chi connectivity index (χ1v) is 11.1. The predicted octanol–water partition coefficient (Wildman–Crippen LogP) is 3.18. The Morgan fingerprint density at radius 1 is 1.12 bits per heavy atom. The Morgan fingerprint density at radius 2 is 1.78 bits per heavy atom. The molecule has 1 amide bonds. The van der Waals surface area contributed by atoms with E-state index in [9.17, 15) is 13.2 Å². The molecule has 1 heterocycles. The molecule has 10 heteroatoms. The van der Waals surface area contributed by atoms with E-state index in [4.69, 9.17) is 14.7 Å². The number of rotatable bonds is 7. The van der Waals surface area contributed by atoms with Crippen LogP contribution in [0.5, 0.6) is 17.4 Å². The van der Waals surface area contributed by atoms with E-state index in [0.717, 1.165) is 0 Å². The summed E-state index contributed by atoms with van der Waals surface area (Å²) in [7, 11) is -2.60. The average Bonchev–Trinajstić information content (AvgIpc) is 2.76. The fourth-order valence-corrected chi connectivity index (χ4v) is 3.92. The molecule has 0 atom stereocenters. The number of anilines is 1. The van der Waals surface area contributed by atoms with E-state index in [1.807, 2.05) is 0 Å². The lowest BCUT2D eigenvalue weighted by molar-refractivity contribution is -0.113. The number of nitrogens with zero attached hydrogens (tertiary/aromatic N) is 3. The van der Waals surface area contributed by atoms with Gasteiger partial charge in [-0.25, -0.2) is 13.4 Å². The number of amides is 1. The molecule has 3 rings (SSSR count). The highest BCUT2D eigenvalue weighted by atomic mass is 32.2.